The van der Waals surface area contributed by atoms with E-state index in [0.29, 0.717) is 19.8 Å². The van der Waals surface area contributed by atoms with Crippen molar-refractivity contribution in [3.8, 4) is 0 Å². The van der Waals surface area contributed by atoms with E-state index in [4.69, 9.17) is 4.74 Å². The molecule has 0 spiro atoms. The molecule has 0 fully saturated rings. The minimum atomic E-state index is -0.207. The molecule has 2 N–H and O–H groups in total. The molecule has 0 aliphatic carbocycles. The van der Waals surface area contributed by atoms with E-state index in [9.17, 15) is 4.79 Å². The number of ether oxygens (including phenoxy) is 1. The molecule has 0 radical (unpaired) electrons. The average molecular weight is 312 g/mol. The summed E-state index contributed by atoms with van der Waals surface area (Å²) in [4.78, 5) is 12.1. The van der Waals surface area contributed by atoms with Crippen molar-refractivity contribution in [2.75, 3.05) is 11.9 Å². The maximum atomic E-state index is 12.1. The number of carbonyl (C=O) groups is 1. The van der Waals surface area contributed by atoms with E-state index in [2.05, 4.69) is 16.7 Å². The lowest BCUT2D eigenvalue weighted by Gasteiger charge is -2.12. The number of anilines is 1. The lowest BCUT2D eigenvalue weighted by Crippen LogP contribution is -2.28. The Bertz CT molecular complexity index is 648. The molecule has 4 nitrogen and oxygen atoms in total. The zero-order chi connectivity index (χ0) is 16.7. The quantitative estimate of drug-likeness (QED) is 0.841. The summed E-state index contributed by atoms with van der Waals surface area (Å²) >= 11 is 0. The van der Waals surface area contributed by atoms with Crippen LogP contribution in [0.1, 0.15) is 29.2 Å². The van der Waals surface area contributed by atoms with Gasteiger partial charge in [0.1, 0.15) is 0 Å². The average Bonchev–Trinajstić information content (AvgIpc) is 2.50. The highest BCUT2D eigenvalue weighted by Gasteiger charge is 2.06. The highest BCUT2D eigenvalue weighted by atomic mass is 16.5. The van der Waals surface area contributed by atoms with Crippen LogP contribution in [0.15, 0.2) is 42.5 Å². The molecular formula is C19H24N2O2. The molecule has 0 aromatic heterocycles. The van der Waals surface area contributed by atoms with Gasteiger partial charge in [-0.15, -0.1) is 0 Å². The molecule has 2 aromatic carbocycles. The number of benzene rings is 2. The zero-order valence-corrected chi connectivity index (χ0v) is 14.0. The number of nitrogens with one attached hydrogen (secondary N) is 2. The van der Waals surface area contributed by atoms with Crippen LogP contribution in [0.3, 0.4) is 0 Å². The third kappa shape index (κ3) is 5.42. The maximum Gasteiger partial charge on any atom is 0.319 e. The number of amides is 2. The minimum absolute atomic E-state index is 0.207. The first-order valence-corrected chi connectivity index (χ1v) is 7.86. The number of hydrogen-bond acceptors (Lipinski definition) is 2. The maximum absolute atomic E-state index is 12.1. The fraction of sp³-hybridized carbons (Fsp3) is 0.316. The summed E-state index contributed by atoms with van der Waals surface area (Å²) in [5.41, 5.74) is 5.23. The van der Waals surface area contributed by atoms with E-state index in [1.165, 1.54) is 0 Å². The Morgan fingerprint density at radius 3 is 2.35 bits per heavy atom. The van der Waals surface area contributed by atoms with Gasteiger partial charge in [0, 0.05) is 18.8 Å². The van der Waals surface area contributed by atoms with Gasteiger partial charge in [-0.05, 0) is 55.2 Å². The Labute approximate surface area is 137 Å². The van der Waals surface area contributed by atoms with Gasteiger partial charge in [-0.1, -0.05) is 30.3 Å². The van der Waals surface area contributed by atoms with Gasteiger partial charge in [-0.25, -0.2) is 4.79 Å². The SMILES string of the molecule is CCOCc1ccccc1CNC(=O)Nc1cc(C)cc(C)c1. The van der Waals surface area contributed by atoms with E-state index in [0.717, 1.165) is 27.9 Å². The Morgan fingerprint density at radius 1 is 1.04 bits per heavy atom. The van der Waals surface area contributed by atoms with Crippen LogP contribution in [0.4, 0.5) is 10.5 Å². The molecule has 122 valence electrons. The second kappa shape index (κ2) is 8.34. The van der Waals surface area contributed by atoms with Crippen LogP contribution in [-0.2, 0) is 17.9 Å². The first-order valence-electron chi connectivity index (χ1n) is 7.86. The molecule has 0 unspecified atom stereocenters. The summed E-state index contributed by atoms with van der Waals surface area (Å²) in [5.74, 6) is 0. The third-order valence-electron chi connectivity index (χ3n) is 3.50. The van der Waals surface area contributed by atoms with Crippen LogP contribution in [0.25, 0.3) is 0 Å². The molecule has 2 aromatic rings. The Morgan fingerprint density at radius 2 is 1.70 bits per heavy atom. The Kier molecular flexibility index (Phi) is 6.18. The summed E-state index contributed by atoms with van der Waals surface area (Å²) in [6.07, 6.45) is 0. The van der Waals surface area contributed by atoms with Gasteiger partial charge in [0.25, 0.3) is 0 Å². The van der Waals surface area contributed by atoms with Crippen molar-refractivity contribution in [3.05, 3.63) is 64.7 Å². The summed E-state index contributed by atoms with van der Waals surface area (Å²) in [7, 11) is 0. The van der Waals surface area contributed by atoms with Crippen molar-refractivity contribution in [2.24, 2.45) is 0 Å². The summed E-state index contributed by atoms with van der Waals surface area (Å²) in [6.45, 7) is 7.71. The van der Waals surface area contributed by atoms with E-state index >= 15 is 0 Å². The van der Waals surface area contributed by atoms with Gasteiger partial charge < -0.3 is 15.4 Å². The van der Waals surface area contributed by atoms with Crippen molar-refractivity contribution >= 4 is 11.7 Å². The van der Waals surface area contributed by atoms with Crippen molar-refractivity contribution in [1.29, 1.82) is 0 Å². The van der Waals surface area contributed by atoms with Crippen LogP contribution in [-0.4, -0.2) is 12.6 Å². The van der Waals surface area contributed by atoms with Crippen molar-refractivity contribution in [2.45, 2.75) is 33.9 Å². The van der Waals surface area contributed by atoms with E-state index in [1.54, 1.807) is 0 Å². The second-order valence-corrected chi connectivity index (χ2v) is 5.59. The fourth-order valence-electron chi connectivity index (χ4n) is 2.48. The number of urea groups is 1. The summed E-state index contributed by atoms with van der Waals surface area (Å²) in [5, 5.41) is 5.77. The standard InChI is InChI=1S/C19H24N2O2/c1-4-23-13-17-8-6-5-7-16(17)12-20-19(22)21-18-10-14(2)9-15(3)11-18/h5-11H,4,12-13H2,1-3H3,(H2,20,21,22). The van der Waals surface area contributed by atoms with Crippen molar-refractivity contribution in [3.63, 3.8) is 0 Å². The van der Waals surface area contributed by atoms with Gasteiger partial charge in [-0.2, -0.15) is 0 Å². The smallest absolute Gasteiger partial charge is 0.319 e. The number of aryl methyl sites for hydroxylation is 2. The Hall–Kier alpha value is -2.33. The van der Waals surface area contributed by atoms with Crippen LogP contribution >= 0.6 is 0 Å². The predicted molar refractivity (Wildman–Crippen MR) is 93.5 cm³/mol. The molecule has 23 heavy (non-hydrogen) atoms. The fourth-order valence-corrected chi connectivity index (χ4v) is 2.48. The van der Waals surface area contributed by atoms with Crippen molar-refractivity contribution < 1.29 is 9.53 Å². The van der Waals surface area contributed by atoms with E-state index in [-0.39, 0.29) is 6.03 Å². The lowest BCUT2D eigenvalue weighted by atomic mass is 10.1. The minimum Gasteiger partial charge on any atom is -0.377 e. The zero-order valence-electron chi connectivity index (χ0n) is 14.0. The molecule has 2 amide bonds. The Balaban J connectivity index is 1.94. The molecule has 2 rings (SSSR count). The third-order valence-corrected chi connectivity index (χ3v) is 3.50. The first-order chi connectivity index (χ1) is 11.1. The lowest BCUT2D eigenvalue weighted by molar-refractivity contribution is 0.133. The predicted octanol–water partition coefficient (Wildman–Crippen LogP) is 4.16. The topological polar surface area (TPSA) is 50.4 Å². The largest absolute Gasteiger partial charge is 0.377 e. The van der Waals surface area contributed by atoms with E-state index in [1.807, 2.05) is 57.2 Å². The molecule has 0 saturated heterocycles. The number of hydrogen-bond donors (Lipinski definition) is 2. The van der Waals surface area contributed by atoms with Crippen molar-refractivity contribution in [1.82, 2.24) is 5.32 Å². The highest BCUT2D eigenvalue weighted by molar-refractivity contribution is 5.89. The molecule has 0 bridgehead atoms. The summed E-state index contributed by atoms with van der Waals surface area (Å²) < 4.78 is 5.46. The molecule has 0 aliphatic rings. The molecule has 0 aliphatic heterocycles. The molecule has 0 heterocycles. The van der Waals surface area contributed by atoms with Crippen LogP contribution < -0.4 is 10.6 Å². The molecular weight excluding hydrogens is 288 g/mol. The monoisotopic (exact) mass is 312 g/mol. The number of rotatable bonds is 6. The normalized spacial score (nSPS) is 10.4. The summed E-state index contributed by atoms with van der Waals surface area (Å²) in [6, 6.07) is 13.8. The first kappa shape index (κ1) is 17.0. The van der Waals surface area contributed by atoms with E-state index < -0.39 is 0 Å². The molecule has 4 heteroatoms. The molecule has 0 saturated carbocycles. The molecule has 0 atom stereocenters. The number of carbonyl (C=O) groups excluding carboxylic acids is 1. The van der Waals surface area contributed by atoms with Gasteiger partial charge >= 0.3 is 6.03 Å². The van der Waals surface area contributed by atoms with Gasteiger partial charge in [0.15, 0.2) is 0 Å². The van der Waals surface area contributed by atoms with Crippen LogP contribution in [0.2, 0.25) is 0 Å². The van der Waals surface area contributed by atoms with Crippen LogP contribution in [0, 0.1) is 13.8 Å². The van der Waals surface area contributed by atoms with Gasteiger partial charge in [-0.3, -0.25) is 0 Å². The van der Waals surface area contributed by atoms with Crippen LogP contribution in [0.5, 0.6) is 0 Å². The second-order valence-electron chi connectivity index (χ2n) is 5.59. The van der Waals surface area contributed by atoms with Gasteiger partial charge in [0.05, 0.1) is 6.61 Å². The highest BCUT2D eigenvalue weighted by Crippen LogP contribution is 2.14. The van der Waals surface area contributed by atoms with Gasteiger partial charge in [0.2, 0.25) is 0 Å².